The number of benzene rings is 1. The largest absolute Gasteiger partial charge is 0.497 e. The predicted molar refractivity (Wildman–Crippen MR) is 66.3 cm³/mol. The lowest BCUT2D eigenvalue weighted by Gasteiger charge is -2.09. The normalized spacial score (nSPS) is 9.90. The quantitative estimate of drug-likeness (QED) is 0.932. The van der Waals surface area contributed by atoms with Crippen molar-refractivity contribution in [3.05, 3.63) is 41.5 Å². The molecule has 0 aliphatic rings. The number of hydrogen-bond acceptors (Lipinski definition) is 5. The van der Waals surface area contributed by atoms with Crippen LogP contribution in [0, 0.1) is 23.0 Å². The molecule has 2 aromatic rings. The molecule has 1 heterocycles. The number of rotatable bonds is 3. The van der Waals surface area contributed by atoms with Gasteiger partial charge < -0.3 is 15.2 Å². The van der Waals surface area contributed by atoms with E-state index in [1.165, 1.54) is 25.3 Å². The Hall–Kier alpha value is -2.88. The average Bonchev–Trinajstić information content (AvgIpc) is 2.44. The molecule has 1 aromatic carbocycles. The molecule has 102 valence electrons. The van der Waals surface area contributed by atoms with E-state index in [1.54, 1.807) is 0 Å². The second kappa shape index (κ2) is 5.40. The molecule has 0 atom stereocenters. The highest BCUT2D eigenvalue weighted by Crippen LogP contribution is 2.28. The van der Waals surface area contributed by atoms with Gasteiger partial charge in [0.2, 0.25) is 0 Å². The number of anilines is 1. The second-order valence-electron chi connectivity index (χ2n) is 3.75. The zero-order valence-electron chi connectivity index (χ0n) is 10.4. The summed E-state index contributed by atoms with van der Waals surface area (Å²) in [6.07, 6.45) is 0. The van der Waals surface area contributed by atoms with Gasteiger partial charge in [0.15, 0.2) is 17.5 Å². The van der Waals surface area contributed by atoms with Crippen LogP contribution in [0.15, 0.2) is 24.3 Å². The first-order valence-corrected chi connectivity index (χ1v) is 5.42. The van der Waals surface area contributed by atoms with Crippen LogP contribution in [0.3, 0.4) is 0 Å². The Bertz CT molecular complexity index is 699. The number of methoxy groups -OCH3 is 1. The standard InChI is InChI=1S/C13H9F2N3O2/c1-19-8-2-7(6-16)3-9(4-8)20-13-11(15)5-10(14)12(17)18-13/h2-5H,1H3,(H2,17,18). The van der Waals surface area contributed by atoms with Crippen LogP contribution >= 0.6 is 0 Å². The van der Waals surface area contributed by atoms with Gasteiger partial charge in [-0.15, -0.1) is 0 Å². The number of aromatic nitrogens is 1. The van der Waals surface area contributed by atoms with Gasteiger partial charge in [-0.25, -0.2) is 8.78 Å². The number of nitrogens with zero attached hydrogens (tertiary/aromatic N) is 2. The molecule has 0 aliphatic carbocycles. The van der Waals surface area contributed by atoms with Crippen LogP contribution in [0.1, 0.15) is 5.56 Å². The summed E-state index contributed by atoms with van der Waals surface area (Å²) in [7, 11) is 1.41. The molecule has 20 heavy (non-hydrogen) atoms. The van der Waals surface area contributed by atoms with Crippen LogP contribution in [0.2, 0.25) is 0 Å². The van der Waals surface area contributed by atoms with Gasteiger partial charge >= 0.3 is 0 Å². The van der Waals surface area contributed by atoms with Crippen LogP contribution in [0.4, 0.5) is 14.6 Å². The zero-order valence-corrected chi connectivity index (χ0v) is 10.4. The maximum absolute atomic E-state index is 13.5. The molecular weight excluding hydrogens is 268 g/mol. The van der Waals surface area contributed by atoms with Crippen molar-refractivity contribution in [2.45, 2.75) is 0 Å². The molecule has 0 spiro atoms. The summed E-state index contributed by atoms with van der Waals surface area (Å²) in [4.78, 5) is 3.46. The monoisotopic (exact) mass is 277 g/mol. The smallest absolute Gasteiger partial charge is 0.258 e. The number of nitrogens with two attached hydrogens (primary N) is 1. The summed E-state index contributed by atoms with van der Waals surface area (Å²) in [6.45, 7) is 0. The lowest BCUT2D eigenvalue weighted by Crippen LogP contribution is -2.00. The van der Waals surface area contributed by atoms with Gasteiger partial charge in [-0.3, -0.25) is 0 Å². The highest BCUT2D eigenvalue weighted by molar-refractivity contribution is 5.45. The Labute approximate surface area is 113 Å². The minimum absolute atomic E-state index is 0.123. The van der Waals surface area contributed by atoms with Gasteiger partial charge in [0.05, 0.1) is 18.7 Å². The van der Waals surface area contributed by atoms with E-state index in [9.17, 15) is 8.78 Å². The Kier molecular flexibility index (Phi) is 3.66. The number of ether oxygens (including phenoxy) is 2. The minimum atomic E-state index is -1.00. The molecule has 0 unspecified atom stereocenters. The van der Waals surface area contributed by atoms with E-state index in [-0.39, 0.29) is 11.3 Å². The molecule has 0 saturated heterocycles. The number of hydrogen-bond donors (Lipinski definition) is 1. The molecule has 0 radical (unpaired) electrons. The molecule has 1 aromatic heterocycles. The van der Waals surface area contributed by atoms with E-state index in [1.807, 2.05) is 6.07 Å². The van der Waals surface area contributed by atoms with Crippen molar-refractivity contribution in [3.8, 4) is 23.4 Å². The van der Waals surface area contributed by atoms with E-state index in [2.05, 4.69) is 4.98 Å². The zero-order chi connectivity index (χ0) is 14.7. The number of halogens is 2. The fourth-order valence-corrected chi connectivity index (χ4v) is 1.46. The number of pyridine rings is 1. The summed E-state index contributed by atoms with van der Waals surface area (Å²) < 4.78 is 36.6. The van der Waals surface area contributed by atoms with Gasteiger partial charge in [0.25, 0.3) is 5.88 Å². The molecule has 2 N–H and O–H groups in total. The summed E-state index contributed by atoms with van der Waals surface area (Å²) in [5, 5.41) is 8.86. The third-order valence-corrected chi connectivity index (χ3v) is 2.38. The van der Waals surface area contributed by atoms with Crippen LogP contribution < -0.4 is 15.2 Å². The first-order valence-electron chi connectivity index (χ1n) is 5.42. The fourth-order valence-electron chi connectivity index (χ4n) is 1.46. The Balaban J connectivity index is 2.40. The van der Waals surface area contributed by atoms with Crippen molar-refractivity contribution < 1.29 is 18.3 Å². The molecule has 2 rings (SSSR count). The van der Waals surface area contributed by atoms with E-state index in [4.69, 9.17) is 20.5 Å². The SMILES string of the molecule is COc1cc(C#N)cc(Oc2nc(N)c(F)cc2F)c1. The highest BCUT2D eigenvalue weighted by atomic mass is 19.1. The van der Waals surface area contributed by atoms with E-state index < -0.39 is 23.3 Å². The summed E-state index contributed by atoms with van der Waals surface area (Å²) in [6, 6.07) is 6.75. The second-order valence-corrected chi connectivity index (χ2v) is 3.75. The molecule has 0 saturated carbocycles. The van der Waals surface area contributed by atoms with Crippen molar-refractivity contribution >= 4 is 5.82 Å². The van der Waals surface area contributed by atoms with Gasteiger partial charge in [-0.1, -0.05) is 0 Å². The molecule has 7 heteroatoms. The Morgan fingerprint density at radius 2 is 1.85 bits per heavy atom. The average molecular weight is 277 g/mol. The molecule has 0 fully saturated rings. The van der Waals surface area contributed by atoms with Crippen molar-refractivity contribution in [2.75, 3.05) is 12.8 Å². The fraction of sp³-hybridized carbons (Fsp3) is 0.0769. The van der Waals surface area contributed by atoms with Gasteiger partial charge in [-0.05, 0) is 12.1 Å². The minimum Gasteiger partial charge on any atom is -0.497 e. The van der Waals surface area contributed by atoms with Crippen molar-refractivity contribution in [3.63, 3.8) is 0 Å². The van der Waals surface area contributed by atoms with E-state index in [0.29, 0.717) is 11.8 Å². The molecule has 0 amide bonds. The van der Waals surface area contributed by atoms with Crippen LogP contribution in [0.5, 0.6) is 17.4 Å². The van der Waals surface area contributed by atoms with Crippen LogP contribution in [0.25, 0.3) is 0 Å². The molecule has 5 nitrogen and oxygen atoms in total. The van der Waals surface area contributed by atoms with E-state index >= 15 is 0 Å². The van der Waals surface area contributed by atoms with Gasteiger partial charge in [0.1, 0.15) is 11.5 Å². The number of nitrogen functional groups attached to an aromatic ring is 1. The number of nitriles is 1. The Morgan fingerprint density at radius 1 is 1.15 bits per heavy atom. The van der Waals surface area contributed by atoms with Crippen molar-refractivity contribution in [1.82, 2.24) is 4.98 Å². The van der Waals surface area contributed by atoms with Gasteiger partial charge in [-0.2, -0.15) is 10.2 Å². The van der Waals surface area contributed by atoms with Crippen LogP contribution in [-0.4, -0.2) is 12.1 Å². The summed E-state index contributed by atoms with van der Waals surface area (Å²) in [5.74, 6) is -2.46. The van der Waals surface area contributed by atoms with Crippen LogP contribution in [-0.2, 0) is 0 Å². The maximum atomic E-state index is 13.5. The van der Waals surface area contributed by atoms with Crippen molar-refractivity contribution in [1.29, 1.82) is 5.26 Å². The lowest BCUT2D eigenvalue weighted by atomic mass is 10.2. The summed E-state index contributed by atoms with van der Waals surface area (Å²) in [5.41, 5.74) is 5.50. The predicted octanol–water partition coefficient (Wildman–Crippen LogP) is 2.61. The third-order valence-electron chi connectivity index (χ3n) is 2.38. The third kappa shape index (κ3) is 2.75. The maximum Gasteiger partial charge on any atom is 0.258 e. The van der Waals surface area contributed by atoms with Gasteiger partial charge in [0, 0.05) is 12.1 Å². The molecular formula is C13H9F2N3O2. The summed E-state index contributed by atoms with van der Waals surface area (Å²) >= 11 is 0. The molecule has 0 aliphatic heterocycles. The lowest BCUT2D eigenvalue weighted by molar-refractivity contribution is 0.398. The topological polar surface area (TPSA) is 81.2 Å². The first kappa shape index (κ1) is 13.5. The molecule has 0 bridgehead atoms. The first-order chi connectivity index (χ1) is 9.53. The highest BCUT2D eigenvalue weighted by Gasteiger charge is 2.13. The van der Waals surface area contributed by atoms with E-state index in [0.717, 1.165) is 0 Å². The van der Waals surface area contributed by atoms with Crippen molar-refractivity contribution in [2.24, 2.45) is 0 Å². The Morgan fingerprint density at radius 3 is 2.50 bits per heavy atom.